The molecular formula is C52H64N12O10. The number of amides is 10. The van der Waals surface area contributed by atoms with Crippen molar-refractivity contribution in [2.24, 2.45) is 16.5 Å². The van der Waals surface area contributed by atoms with E-state index in [9.17, 15) is 43.2 Å². The van der Waals surface area contributed by atoms with Crippen molar-refractivity contribution in [3.05, 3.63) is 100 Å². The molecule has 22 nitrogen and oxygen atoms in total. The molecule has 0 spiro atoms. The Morgan fingerprint density at radius 1 is 0.851 bits per heavy atom. The van der Waals surface area contributed by atoms with Crippen LogP contribution in [0.3, 0.4) is 0 Å². The highest BCUT2D eigenvalue weighted by molar-refractivity contribution is 6.13. The molecule has 0 unspecified atom stereocenters. The number of primary amides is 1. The topological polar surface area (TPSA) is 310 Å². The molecular weight excluding hydrogens is 953 g/mol. The third kappa shape index (κ3) is 16.0. The molecule has 9 N–H and O–H groups in total. The first-order chi connectivity index (χ1) is 35.6. The predicted molar refractivity (Wildman–Crippen MR) is 275 cm³/mol. The molecule has 2 aromatic carbocycles. The second-order valence-corrected chi connectivity index (χ2v) is 18.0. The van der Waals surface area contributed by atoms with Crippen molar-refractivity contribution in [2.75, 3.05) is 49.9 Å². The van der Waals surface area contributed by atoms with Crippen LogP contribution in [0.5, 0.6) is 0 Å². The minimum atomic E-state index is -1.04. The molecule has 0 bridgehead atoms. The lowest BCUT2D eigenvalue weighted by Crippen LogP contribution is -2.47. The molecule has 0 fully saturated rings. The number of hydrogen-bond donors (Lipinski definition) is 7. The monoisotopic (exact) mass is 1020 g/mol. The van der Waals surface area contributed by atoms with Gasteiger partial charge in [-0.3, -0.25) is 43.4 Å². The number of imide groups is 1. The molecule has 3 aromatic rings. The lowest BCUT2D eigenvalue weighted by molar-refractivity contribution is -0.137. The van der Waals surface area contributed by atoms with E-state index in [1.165, 1.54) is 12.2 Å². The maximum Gasteiger partial charge on any atom is 0.410 e. The first-order valence-electron chi connectivity index (χ1n) is 24.8. The molecule has 10 amide bonds. The molecule has 3 aliphatic rings. The van der Waals surface area contributed by atoms with E-state index in [1.807, 2.05) is 18.7 Å². The largest absolute Gasteiger partial charge is 0.445 e. The van der Waals surface area contributed by atoms with Crippen molar-refractivity contribution in [3.8, 4) is 0 Å². The molecule has 4 heterocycles. The molecule has 1 aromatic heterocycles. The summed E-state index contributed by atoms with van der Waals surface area (Å²) in [7, 11) is 0. The first-order valence-corrected chi connectivity index (χ1v) is 24.8. The van der Waals surface area contributed by atoms with Crippen LogP contribution in [0.15, 0.2) is 77.4 Å². The van der Waals surface area contributed by atoms with Crippen LogP contribution < -0.4 is 38.1 Å². The molecule has 0 radical (unpaired) electrons. The van der Waals surface area contributed by atoms with Crippen LogP contribution in [0.1, 0.15) is 104 Å². The number of anilines is 2. The minimum Gasteiger partial charge on any atom is -0.445 e. The van der Waals surface area contributed by atoms with Gasteiger partial charge in [-0.25, -0.2) is 14.6 Å². The van der Waals surface area contributed by atoms with E-state index in [4.69, 9.17) is 16.2 Å². The molecule has 1 atom stereocenters. The quantitative estimate of drug-likeness (QED) is 0.0496. The van der Waals surface area contributed by atoms with Crippen molar-refractivity contribution in [1.29, 1.82) is 0 Å². The van der Waals surface area contributed by atoms with Crippen LogP contribution in [-0.4, -0.2) is 124 Å². The van der Waals surface area contributed by atoms with Gasteiger partial charge in [0.1, 0.15) is 18.5 Å². The average Bonchev–Trinajstić information content (AvgIpc) is 3.59. The molecule has 0 saturated carbocycles. The standard InChI is InChI=1S/C52H64N12O10/c1-3-21-62(22-4-2)50(71)36-25-34-13-14-35(27-42(34)60-43(53)28-36)48(69)59-39-26-37-31-63(24-19-40(37)56-29-39)52(73)74-32-33-11-15-38(16-12-33)58-49(70)41(9-8-20-55-51(54)72)61-45(66)30-57-44(65)10-6-5-7-23-64-46(67)17-18-47(64)68/h11-18,25-27,29,41H,3-10,19-24,28,30-32H2,1-2H3,(H2,53,60)(H,57,65)(H,58,70)(H,59,69)(H,61,66)(H3,54,55,72)/t41-/m0/s1. The Hall–Kier alpha value is -8.43. The maximum atomic E-state index is 13.5. The van der Waals surface area contributed by atoms with Gasteiger partial charge in [0, 0.05) is 92.2 Å². The van der Waals surface area contributed by atoms with Crippen LogP contribution in [0, 0.1) is 0 Å². The summed E-state index contributed by atoms with van der Waals surface area (Å²) in [6, 6.07) is 11.6. The zero-order chi connectivity index (χ0) is 53.1. The van der Waals surface area contributed by atoms with E-state index in [2.05, 4.69) is 36.6 Å². The summed E-state index contributed by atoms with van der Waals surface area (Å²) in [5.74, 6) is -2.47. The normalized spacial score (nSPS) is 14.1. The number of unbranched alkanes of at least 4 members (excludes halogenated alkanes) is 2. The van der Waals surface area contributed by atoms with Crippen molar-refractivity contribution in [3.63, 3.8) is 0 Å². The van der Waals surface area contributed by atoms with Crippen molar-refractivity contribution in [2.45, 2.75) is 97.2 Å². The highest BCUT2D eigenvalue weighted by Gasteiger charge is 2.26. The van der Waals surface area contributed by atoms with E-state index >= 15 is 0 Å². The Bertz CT molecular complexity index is 2680. The number of pyridine rings is 1. The van der Waals surface area contributed by atoms with Crippen LogP contribution in [-0.2, 0) is 53.1 Å². The number of benzene rings is 2. The second-order valence-electron chi connectivity index (χ2n) is 18.0. The van der Waals surface area contributed by atoms with Crippen molar-refractivity contribution < 1.29 is 47.9 Å². The highest BCUT2D eigenvalue weighted by atomic mass is 16.6. The molecule has 0 saturated heterocycles. The minimum absolute atomic E-state index is 0.0690. The number of rotatable bonds is 24. The maximum absolute atomic E-state index is 13.5. The zero-order valence-electron chi connectivity index (χ0n) is 41.7. The summed E-state index contributed by atoms with van der Waals surface area (Å²) < 4.78 is 5.65. The SMILES string of the molecule is CCCN(CCC)C(=O)C1=Cc2ccc(C(=O)Nc3cnc4c(c3)CN(C(=O)OCc3ccc(NC(=O)[C@H](CCCNC(N)=O)NC(=O)CNC(=O)CCCCCN5C(=O)C=CC5=O)cc3)CC4)cc2N=C(N)C1. The molecule has 0 aliphatic carbocycles. The van der Waals surface area contributed by atoms with Gasteiger partial charge in [-0.05, 0) is 86.1 Å². The number of fused-ring (bicyclic) bond motifs is 2. The fraction of sp³-hybridized carbons (Fsp3) is 0.404. The Morgan fingerprint density at radius 2 is 1.59 bits per heavy atom. The van der Waals surface area contributed by atoms with Gasteiger partial charge in [-0.2, -0.15) is 0 Å². The summed E-state index contributed by atoms with van der Waals surface area (Å²) in [4.78, 5) is 127. The fourth-order valence-corrected chi connectivity index (χ4v) is 8.41. The van der Waals surface area contributed by atoms with Gasteiger partial charge in [0.05, 0.1) is 30.7 Å². The van der Waals surface area contributed by atoms with Crippen LogP contribution >= 0.6 is 0 Å². The summed E-state index contributed by atoms with van der Waals surface area (Å²) in [5, 5.41) is 13.3. The van der Waals surface area contributed by atoms with Gasteiger partial charge in [-0.1, -0.05) is 38.5 Å². The third-order valence-corrected chi connectivity index (χ3v) is 12.2. The number of aliphatic imine (C=N–C) groups is 1. The summed E-state index contributed by atoms with van der Waals surface area (Å²) in [6.07, 6.45) is 9.70. The molecule has 3 aliphatic heterocycles. The van der Waals surface area contributed by atoms with Gasteiger partial charge in [-0.15, -0.1) is 0 Å². The van der Waals surface area contributed by atoms with Gasteiger partial charge >= 0.3 is 12.1 Å². The summed E-state index contributed by atoms with van der Waals surface area (Å²) in [6.45, 7) is 5.85. The van der Waals surface area contributed by atoms with Gasteiger partial charge in [0.25, 0.3) is 17.7 Å². The predicted octanol–water partition coefficient (Wildman–Crippen LogP) is 3.93. The van der Waals surface area contributed by atoms with Gasteiger partial charge in [0.15, 0.2) is 0 Å². The van der Waals surface area contributed by atoms with E-state index in [0.717, 1.165) is 29.0 Å². The number of aromatic nitrogens is 1. The number of carbonyl (C=O) groups is 9. The van der Waals surface area contributed by atoms with Crippen LogP contribution in [0.2, 0.25) is 0 Å². The Morgan fingerprint density at radius 3 is 2.31 bits per heavy atom. The molecule has 22 heteroatoms. The Kier molecular flexibility index (Phi) is 19.9. The van der Waals surface area contributed by atoms with Crippen molar-refractivity contribution >= 4 is 82.4 Å². The van der Waals surface area contributed by atoms with Gasteiger partial charge in [0.2, 0.25) is 23.6 Å². The number of urea groups is 1. The molecule has 392 valence electrons. The average molecular weight is 1020 g/mol. The van der Waals surface area contributed by atoms with Crippen LogP contribution in [0.4, 0.5) is 26.7 Å². The zero-order valence-corrected chi connectivity index (χ0v) is 41.7. The first kappa shape index (κ1) is 54.9. The van der Waals surface area contributed by atoms with E-state index < -0.39 is 35.9 Å². The van der Waals surface area contributed by atoms with E-state index in [-0.39, 0.29) is 81.5 Å². The Balaban J connectivity index is 0.960. The summed E-state index contributed by atoms with van der Waals surface area (Å²) >= 11 is 0. The number of nitrogens with zero attached hydrogens (tertiary/aromatic N) is 5. The highest BCUT2D eigenvalue weighted by Crippen LogP contribution is 2.29. The fourth-order valence-electron chi connectivity index (χ4n) is 8.41. The molecule has 74 heavy (non-hydrogen) atoms. The number of amidine groups is 1. The number of carbonyl (C=O) groups excluding carboxylic acids is 9. The number of hydrogen-bond acceptors (Lipinski definition) is 13. The lowest BCUT2D eigenvalue weighted by atomic mass is 10.0. The third-order valence-electron chi connectivity index (χ3n) is 12.2. The smallest absolute Gasteiger partial charge is 0.410 e. The number of nitrogens with two attached hydrogens (primary N) is 2. The number of ether oxygens (including phenoxy) is 1. The van der Waals surface area contributed by atoms with E-state index in [0.29, 0.717) is 91.1 Å². The van der Waals surface area contributed by atoms with Crippen LogP contribution in [0.25, 0.3) is 6.08 Å². The molecule has 6 rings (SSSR count). The number of nitrogens with one attached hydrogen (secondary N) is 5. The second kappa shape index (κ2) is 26.9. The van der Waals surface area contributed by atoms with Gasteiger partial charge < -0.3 is 52.6 Å². The summed E-state index contributed by atoms with van der Waals surface area (Å²) in [5.41, 5.74) is 16.4. The Labute approximate surface area is 428 Å². The lowest BCUT2D eigenvalue weighted by Gasteiger charge is -2.28. The van der Waals surface area contributed by atoms with E-state index in [1.54, 1.807) is 65.7 Å². The van der Waals surface area contributed by atoms with Crippen molar-refractivity contribution in [1.82, 2.24) is 35.6 Å².